The number of aromatic amines is 1. The number of aromatic nitrogens is 2. The molecule has 4 heterocycles. The van der Waals surface area contributed by atoms with Crippen LogP contribution < -0.4 is 5.32 Å². The van der Waals surface area contributed by atoms with E-state index in [-0.39, 0.29) is 5.76 Å². The van der Waals surface area contributed by atoms with Gasteiger partial charge in [0.2, 0.25) is 0 Å². The third kappa shape index (κ3) is 2.64. The van der Waals surface area contributed by atoms with Crippen molar-refractivity contribution in [2.75, 3.05) is 5.32 Å². The van der Waals surface area contributed by atoms with Gasteiger partial charge in [-0.1, -0.05) is 0 Å². The Morgan fingerprint density at radius 1 is 1.25 bits per heavy atom. The van der Waals surface area contributed by atoms with Crippen molar-refractivity contribution in [2.24, 2.45) is 0 Å². The van der Waals surface area contributed by atoms with E-state index in [4.69, 9.17) is 4.42 Å². The average Bonchev–Trinajstić information content (AvgIpc) is 3.45. The van der Waals surface area contributed by atoms with Crippen molar-refractivity contribution in [3.63, 3.8) is 0 Å². The zero-order valence-corrected chi connectivity index (χ0v) is 15.2. The summed E-state index contributed by atoms with van der Waals surface area (Å²) in [6, 6.07) is 13.8. The topological polar surface area (TPSA) is 94.7 Å². The number of aldehydes is 1. The van der Waals surface area contributed by atoms with Gasteiger partial charge in [-0.25, -0.2) is 4.98 Å². The Labute approximate surface area is 163 Å². The highest BCUT2D eigenvalue weighted by molar-refractivity contribution is 7.21. The van der Waals surface area contributed by atoms with Crippen molar-refractivity contribution in [3.8, 4) is 16.5 Å². The van der Waals surface area contributed by atoms with Gasteiger partial charge in [-0.05, 0) is 36.4 Å². The zero-order valence-electron chi connectivity index (χ0n) is 14.4. The van der Waals surface area contributed by atoms with Crippen molar-refractivity contribution in [1.29, 1.82) is 5.26 Å². The van der Waals surface area contributed by atoms with Crippen molar-refractivity contribution in [2.45, 2.75) is 0 Å². The molecule has 0 atom stereocenters. The van der Waals surface area contributed by atoms with Crippen LogP contribution in [0.25, 0.3) is 31.6 Å². The van der Waals surface area contributed by atoms with Gasteiger partial charge in [0.25, 0.3) is 0 Å². The normalized spacial score (nSPS) is 11.0. The molecule has 7 heteroatoms. The molecule has 0 saturated heterocycles. The lowest BCUT2D eigenvalue weighted by molar-refractivity contribution is 0.110. The minimum absolute atomic E-state index is 0.274. The summed E-state index contributed by atoms with van der Waals surface area (Å²) < 4.78 is 5.22. The number of H-pyrrole nitrogens is 1. The Morgan fingerprint density at radius 2 is 2.18 bits per heavy atom. The highest BCUT2D eigenvalue weighted by Crippen LogP contribution is 2.39. The van der Waals surface area contributed by atoms with Crippen LogP contribution in [0.2, 0.25) is 0 Å². The van der Waals surface area contributed by atoms with E-state index >= 15 is 0 Å². The van der Waals surface area contributed by atoms with Crippen molar-refractivity contribution < 1.29 is 9.21 Å². The number of carbonyl (C=O) groups excluding carboxylic acids is 1. The molecule has 0 spiro atoms. The summed E-state index contributed by atoms with van der Waals surface area (Å²) in [4.78, 5) is 20.2. The van der Waals surface area contributed by atoms with Gasteiger partial charge < -0.3 is 14.7 Å². The standard InChI is InChI=1S/C21H12N4O2S/c22-8-14-9-24-21-17(7-19(28-21)13-6-16(10-26)27-11-13)20(14)25-15-1-2-18-12(5-15)3-4-23-18/h1-7,9-11,23H,(H,24,25). The molecule has 0 amide bonds. The fraction of sp³-hybridized carbons (Fsp3) is 0. The SMILES string of the molecule is N#Cc1cnc2sc(-c3coc(C=O)c3)cc2c1Nc1ccc2[nH]ccc2c1. The molecule has 2 N–H and O–H groups in total. The van der Waals surface area contributed by atoms with E-state index in [0.29, 0.717) is 17.5 Å². The minimum Gasteiger partial charge on any atom is -0.461 e. The number of furan rings is 1. The molecule has 28 heavy (non-hydrogen) atoms. The van der Waals surface area contributed by atoms with Gasteiger partial charge in [-0.2, -0.15) is 5.26 Å². The van der Waals surface area contributed by atoms with Crippen molar-refractivity contribution in [3.05, 3.63) is 66.4 Å². The number of benzene rings is 1. The van der Waals surface area contributed by atoms with Gasteiger partial charge in [0.15, 0.2) is 12.0 Å². The first kappa shape index (κ1) is 16.3. The van der Waals surface area contributed by atoms with E-state index < -0.39 is 0 Å². The van der Waals surface area contributed by atoms with Crippen LogP contribution >= 0.6 is 11.3 Å². The monoisotopic (exact) mass is 384 g/mol. The molecule has 5 rings (SSSR count). The van der Waals surface area contributed by atoms with Crippen LogP contribution in [0.15, 0.2) is 59.5 Å². The molecule has 0 saturated carbocycles. The van der Waals surface area contributed by atoms with Crippen LogP contribution in [0.5, 0.6) is 0 Å². The van der Waals surface area contributed by atoms with Crippen molar-refractivity contribution in [1.82, 2.24) is 9.97 Å². The molecule has 0 unspecified atom stereocenters. The first-order valence-electron chi connectivity index (χ1n) is 8.46. The van der Waals surface area contributed by atoms with Gasteiger partial charge >= 0.3 is 0 Å². The summed E-state index contributed by atoms with van der Waals surface area (Å²) in [7, 11) is 0. The Bertz CT molecular complexity index is 1390. The minimum atomic E-state index is 0.274. The van der Waals surface area contributed by atoms with E-state index in [1.54, 1.807) is 18.5 Å². The van der Waals surface area contributed by atoms with E-state index in [2.05, 4.69) is 21.4 Å². The summed E-state index contributed by atoms with van der Waals surface area (Å²) in [6.45, 7) is 0. The molecule has 0 aliphatic carbocycles. The maximum Gasteiger partial charge on any atom is 0.185 e. The molecule has 0 fully saturated rings. The number of rotatable bonds is 4. The molecular weight excluding hydrogens is 372 g/mol. The Hall–Kier alpha value is -3.89. The number of hydrogen-bond donors (Lipinski definition) is 2. The number of nitriles is 1. The molecule has 5 aromatic rings. The first-order chi connectivity index (χ1) is 13.7. The van der Waals surface area contributed by atoms with Gasteiger partial charge in [-0.15, -0.1) is 11.3 Å². The number of carbonyl (C=O) groups is 1. The highest BCUT2D eigenvalue weighted by Gasteiger charge is 2.15. The van der Waals surface area contributed by atoms with Gasteiger partial charge in [-0.3, -0.25) is 4.79 Å². The third-order valence-electron chi connectivity index (χ3n) is 4.53. The van der Waals surface area contributed by atoms with E-state index in [1.165, 1.54) is 11.3 Å². The largest absolute Gasteiger partial charge is 0.461 e. The molecule has 0 bridgehead atoms. The summed E-state index contributed by atoms with van der Waals surface area (Å²) in [5.41, 5.74) is 3.92. The number of fused-ring (bicyclic) bond motifs is 2. The Morgan fingerprint density at radius 3 is 3.00 bits per heavy atom. The molecule has 6 nitrogen and oxygen atoms in total. The predicted molar refractivity (Wildman–Crippen MR) is 109 cm³/mol. The summed E-state index contributed by atoms with van der Waals surface area (Å²) in [6.07, 6.45) is 5.69. The number of pyridine rings is 1. The maximum atomic E-state index is 10.9. The van der Waals surface area contributed by atoms with E-state index in [0.717, 1.165) is 37.2 Å². The van der Waals surface area contributed by atoms with Crippen molar-refractivity contribution >= 4 is 50.1 Å². The second kappa shape index (κ2) is 6.37. The van der Waals surface area contributed by atoms with E-state index in [9.17, 15) is 10.1 Å². The molecule has 0 aliphatic rings. The number of nitrogens with zero attached hydrogens (tertiary/aromatic N) is 2. The lowest BCUT2D eigenvalue weighted by Crippen LogP contribution is -1.95. The number of thiophene rings is 1. The van der Waals surface area contributed by atoms with Crippen LogP contribution in [0, 0.1) is 11.3 Å². The fourth-order valence-electron chi connectivity index (χ4n) is 3.17. The average molecular weight is 384 g/mol. The molecule has 134 valence electrons. The first-order valence-corrected chi connectivity index (χ1v) is 9.28. The van der Waals surface area contributed by atoms with Crippen LogP contribution in [-0.2, 0) is 0 Å². The van der Waals surface area contributed by atoms with Gasteiger partial charge in [0.1, 0.15) is 10.9 Å². The maximum absolute atomic E-state index is 10.9. The van der Waals surface area contributed by atoms with Crippen LogP contribution in [-0.4, -0.2) is 16.3 Å². The Balaban J connectivity index is 1.63. The summed E-state index contributed by atoms with van der Waals surface area (Å²) in [5, 5.41) is 14.9. The summed E-state index contributed by atoms with van der Waals surface area (Å²) in [5.74, 6) is 0.274. The summed E-state index contributed by atoms with van der Waals surface area (Å²) >= 11 is 1.48. The molecule has 1 aromatic carbocycles. The number of anilines is 2. The van der Waals surface area contributed by atoms with Crippen LogP contribution in [0.3, 0.4) is 0 Å². The van der Waals surface area contributed by atoms with Gasteiger partial charge in [0.05, 0.1) is 17.5 Å². The lowest BCUT2D eigenvalue weighted by atomic mass is 10.1. The zero-order chi connectivity index (χ0) is 19.1. The van der Waals surface area contributed by atoms with E-state index in [1.807, 2.05) is 36.5 Å². The second-order valence-electron chi connectivity index (χ2n) is 6.25. The van der Waals surface area contributed by atoms with Crippen LogP contribution in [0.4, 0.5) is 11.4 Å². The van der Waals surface area contributed by atoms with Crippen LogP contribution in [0.1, 0.15) is 16.1 Å². The lowest BCUT2D eigenvalue weighted by Gasteiger charge is -2.09. The predicted octanol–water partition coefficient (Wildman–Crippen LogP) is 5.47. The quantitative estimate of drug-likeness (QED) is 0.401. The smallest absolute Gasteiger partial charge is 0.185 e. The Kier molecular flexibility index (Phi) is 3.71. The number of nitrogens with one attached hydrogen (secondary N) is 2. The highest BCUT2D eigenvalue weighted by atomic mass is 32.1. The fourth-order valence-corrected chi connectivity index (χ4v) is 4.16. The molecule has 4 aromatic heterocycles. The molecule has 0 aliphatic heterocycles. The van der Waals surface area contributed by atoms with Gasteiger partial charge in [0, 0.05) is 44.8 Å². The second-order valence-corrected chi connectivity index (χ2v) is 7.28. The molecular formula is C21H12N4O2S. The molecule has 0 radical (unpaired) electrons. The third-order valence-corrected chi connectivity index (χ3v) is 5.62. The number of hydrogen-bond acceptors (Lipinski definition) is 6.